The average molecular weight is 157 g/mol. The number of hydrogen-bond donors (Lipinski definition) is 1. The zero-order valence-electron chi connectivity index (χ0n) is 5.44. The summed E-state index contributed by atoms with van der Waals surface area (Å²) in [6, 6.07) is 1.67. The lowest BCUT2D eigenvalue weighted by Crippen LogP contribution is -2.21. The molecule has 1 rings (SSSR count). The zero-order valence-corrected chi connectivity index (χ0v) is 6.26. The van der Waals surface area contributed by atoms with Crippen molar-refractivity contribution >= 4 is 17.2 Å². The molecule has 0 spiro atoms. The highest BCUT2D eigenvalue weighted by atomic mass is 32.1. The molecular formula is C6H7NO2S. The second-order valence-electron chi connectivity index (χ2n) is 1.84. The number of hydrogen-bond acceptors (Lipinski definition) is 3. The molecule has 0 fully saturated rings. The predicted octanol–water partition coefficient (Wildman–Crippen LogP) is 1.21. The molecule has 54 valence electrons. The van der Waals surface area contributed by atoms with Gasteiger partial charge in [-0.1, -0.05) is 0 Å². The van der Waals surface area contributed by atoms with Crippen LogP contribution >= 0.6 is 11.3 Å². The summed E-state index contributed by atoms with van der Waals surface area (Å²) in [4.78, 5) is 10.9. The predicted molar refractivity (Wildman–Crippen MR) is 38.2 cm³/mol. The van der Waals surface area contributed by atoms with E-state index in [0.29, 0.717) is 10.6 Å². The molecule has 1 heterocycles. The summed E-state index contributed by atoms with van der Waals surface area (Å²) in [6.45, 7) is 0. The normalized spacial score (nSPS) is 9.40. The Morgan fingerprint density at radius 1 is 1.80 bits per heavy atom. The van der Waals surface area contributed by atoms with Gasteiger partial charge in [0.15, 0.2) is 0 Å². The lowest BCUT2D eigenvalue weighted by atomic mass is 10.3. The lowest BCUT2D eigenvalue weighted by Gasteiger charge is -2.04. The van der Waals surface area contributed by atoms with Crippen LogP contribution in [0.4, 0.5) is 0 Å². The van der Waals surface area contributed by atoms with E-state index >= 15 is 0 Å². The number of amides is 1. The van der Waals surface area contributed by atoms with Crippen LogP contribution in [0.25, 0.3) is 0 Å². The van der Waals surface area contributed by atoms with Gasteiger partial charge in [-0.3, -0.25) is 10.0 Å². The molecule has 0 unspecified atom stereocenters. The van der Waals surface area contributed by atoms with Crippen molar-refractivity contribution in [2.75, 3.05) is 7.05 Å². The van der Waals surface area contributed by atoms with Crippen molar-refractivity contribution in [1.29, 1.82) is 0 Å². The molecular weight excluding hydrogens is 150 g/mol. The molecule has 3 nitrogen and oxygen atoms in total. The Morgan fingerprint density at radius 2 is 2.50 bits per heavy atom. The molecule has 0 aliphatic carbocycles. The van der Waals surface area contributed by atoms with Gasteiger partial charge >= 0.3 is 0 Å². The fourth-order valence-corrected chi connectivity index (χ4v) is 1.20. The maximum atomic E-state index is 10.9. The summed E-state index contributed by atoms with van der Waals surface area (Å²) in [5.74, 6) is -0.374. The Kier molecular flexibility index (Phi) is 2.03. The van der Waals surface area contributed by atoms with Gasteiger partial charge in [0.25, 0.3) is 5.91 Å². The van der Waals surface area contributed by atoms with E-state index in [1.54, 1.807) is 16.8 Å². The van der Waals surface area contributed by atoms with E-state index in [0.717, 1.165) is 0 Å². The number of nitrogens with zero attached hydrogens (tertiary/aromatic N) is 1. The molecule has 0 radical (unpaired) electrons. The van der Waals surface area contributed by atoms with Gasteiger partial charge in [0.05, 0.1) is 5.56 Å². The Labute approximate surface area is 62.5 Å². The third kappa shape index (κ3) is 1.34. The Hall–Kier alpha value is -0.870. The van der Waals surface area contributed by atoms with Gasteiger partial charge < -0.3 is 0 Å². The summed E-state index contributed by atoms with van der Waals surface area (Å²) in [5, 5.41) is 12.7. The first-order chi connectivity index (χ1) is 4.72. The van der Waals surface area contributed by atoms with Crippen molar-refractivity contribution in [2.24, 2.45) is 0 Å². The lowest BCUT2D eigenvalue weighted by molar-refractivity contribution is -0.0374. The van der Waals surface area contributed by atoms with Crippen LogP contribution in [-0.4, -0.2) is 23.2 Å². The number of rotatable bonds is 1. The molecule has 0 atom stereocenters. The van der Waals surface area contributed by atoms with E-state index in [9.17, 15) is 4.79 Å². The van der Waals surface area contributed by atoms with Crippen LogP contribution in [0.5, 0.6) is 0 Å². The first kappa shape index (κ1) is 7.24. The first-order valence-electron chi connectivity index (χ1n) is 2.71. The Bertz CT molecular complexity index is 218. The molecule has 0 aliphatic rings. The van der Waals surface area contributed by atoms with Gasteiger partial charge in [0.2, 0.25) is 0 Å². The van der Waals surface area contributed by atoms with Gasteiger partial charge in [-0.25, -0.2) is 5.06 Å². The quantitative estimate of drug-likeness (QED) is 0.491. The van der Waals surface area contributed by atoms with Crippen molar-refractivity contribution < 1.29 is 10.0 Å². The van der Waals surface area contributed by atoms with E-state index in [2.05, 4.69) is 0 Å². The summed E-state index contributed by atoms with van der Waals surface area (Å²) in [5.41, 5.74) is 0.523. The number of thiophene rings is 1. The first-order valence-corrected chi connectivity index (χ1v) is 3.65. The van der Waals surface area contributed by atoms with Crippen LogP contribution in [0.2, 0.25) is 0 Å². The second-order valence-corrected chi connectivity index (χ2v) is 2.62. The molecule has 0 aliphatic heterocycles. The molecule has 0 saturated heterocycles. The average Bonchev–Trinajstić information content (AvgIpc) is 2.36. The van der Waals surface area contributed by atoms with Gasteiger partial charge in [-0.2, -0.15) is 11.3 Å². The monoisotopic (exact) mass is 157 g/mol. The van der Waals surface area contributed by atoms with Crippen LogP contribution in [0.15, 0.2) is 16.8 Å². The van der Waals surface area contributed by atoms with Gasteiger partial charge in [0, 0.05) is 12.4 Å². The molecule has 10 heavy (non-hydrogen) atoms. The van der Waals surface area contributed by atoms with E-state index in [4.69, 9.17) is 5.21 Å². The van der Waals surface area contributed by atoms with E-state index in [1.807, 2.05) is 0 Å². The molecule has 4 heteroatoms. The fourth-order valence-electron chi connectivity index (χ4n) is 0.573. The van der Waals surface area contributed by atoms with Crippen molar-refractivity contribution in [3.8, 4) is 0 Å². The summed E-state index contributed by atoms with van der Waals surface area (Å²) < 4.78 is 0. The van der Waals surface area contributed by atoms with E-state index in [-0.39, 0.29) is 5.91 Å². The third-order valence-corrected chi connectivity index (χ3v) is 1.75. The Balaban J connectivity index is 2.78. The molecule has 0 saturated carbocycles. The van der Waals surface area contributed by atoms with Gasteiger partial charge in [-0.05, 0) is 11.4 Å². The molecule has 0 aromatic carbocycles. The molecule has 1 amide bonds. The minimum atomic E-state index is -0.374. The van der Waals surface area contributed by atoms with Gasteiger partial charge in [-0.15, -0.1) is 0 Å². The standard InChI is InChI=1S/C6H7NO2S/c1-7(9)6(8)5-2-3-10-4-5/h2-4,9H,1H3. The highest BCUT2D eigenvalue weighted by Gasteiger charge is 2.07. The topological polar surface area (TPSA) is 40.5 Å². The molecule has 0 bridgehead atoms. The largest absolute Gasteiger partial charge is 0.286 e. The van der Waals surface area contributed by atoms with Crippen LogP contribution in [0, 0.1) is 0 Å². The van der Waals surface area contributed by atoms with Crippen molar-refractivity contribution in [2.45, 2.75) is 0 Å². The van der Waals surface area contributed by atoms with Crippen LogP contribution in [0.3, 0.4) is 0 Å². The zero-order chi connectivity index (χ0) is 7.56. The van der Waals surface area contributed by atoms with Crippen molar-refractivity contribution in [3.63, 3.8) is 0 Å². The van der Waals surface area contributed by atoms with E-state index in [1.165, 1.54) is 18.4 Å². The highest BCUT2D eigenvalue weighted by Crippen LogP contribution is 2.06. The second kappa shape index (κ2) is 2.81. The summed E-state index contributed by atoms with van der Waals surface area (Å²) in [7, 11) is 1.31. The van der Waals surface area contributed by atoms with Crippen LogP contribution < -0.4 is 0 Å². The number of hydroxylamine groups is 2. The minimum absolute atomic E-state index is 0.374. The van der Waals surface area contributed by atoms with Gasteiger partial charge in [0.1, 0.15) is 0 Å². The fraction of sp³-hybridized carbons (Fsp3) is 0.167. The maximum absolute atomic E-state index is 10.9. The SMILES string of the molecule is CN(O)C(=O)c1ccsc1. The summed E-state index contributed by atoms with van der Waals surface area (Å²) in [6.07, 6.45) is 0. The van der Waals surface area contributed by atoms with Crippen molar-refractivity contribution in [1.82, 2.24) is 5.06 Å². The molecule has 1 N–H and O–H groups in total. The smallest absolute Gasteiger partial charge is 0.277 e. The van der Waals surface area contributed by atoms with Crippen molar-refractivity contribution in [3.05, 3.63) is 22.4 Å². The molecule has 1 aromatic heterocycles. The maximum Gasteiger partial charge on any atom is 0.277 e. The molecule has 1 aromatic rings. The number of carbonyl (C=O) groups excluding carboxylic acids is 1. The third-order valence-electron chi connectivity index (χ3n) is 1.06. The minimum Gasteiger partial charge on any atom is -0.286 e. The van der Waals surface area contributed by atoms with E-state index < -0.39 is 0 Å². The number of carbonyl (C=O) groups is 1. The highest BCUT2D eigenvalue weighted by molar-refractivity contribution is 7.08. The Morgan fingerprint density at radius 3 is 2.90 bits per heavy atom. The van der Waals surface area contributed by atoms with Crippen LogP contribution in [0.1, 0.15) is 10.4 Å². The summed E-state index contributed by atoms with van der Waals surface area (Å²) >= 11 is 1.43. The van der Waals surface area contributed by atoms with Crippen LogP contribution in [-0.2, 0) is 0 Å².